The Labute approximate surface area is 186 Å². The van der Waals surface area contributed by atoms with Crippen LogP contribution in [0.5, 0.6) is 28.9 Å². The summed E-state index contributed by atoms with van der Waals surface area (Å²) in [7, 11) is 3.30. The van der Waals surface area contributed by atoms with Crippen molar-refractivity contribution in [2.45, 2.75) is 13.8 Å². The molecular formula is C23H24ClN3O4. The van der Waals surface area contributed by atoms with Crippen molar-refractivity contribution in [3.63, 3.8) is 0 Å². The molecule has 0 bridgehead atoms. The van der Waals surface area contributed by atoms with Crippen LogP contribution in [0, 0.1) is 6.92 Å². The van der Waals surface area contributed by atoms with Crippen molar-refractivity contribution < 1.29 is 19.0 Å². The highest BCUT2D eigenvalue weighted by Gasteiger charge is 2.14. The predicted octanol–water partition coefficient (Wildman–Crippen LogP) is 5.81. The normalized spacial score (nSPS) is 11.6. The summed E-state index contributed by atoms with van der Waals surface area (Å²) in [6.07, 6.45) is 3.38. The number of aromatic nitrogens is 2. The highest BCUT2D eigenvalue weighted by atomic mass is 35.5. The molecule has 0 aliphatic carbocycles. The van der Waals surface area contributed by atoms with Gasteiger partial charge in [-0.2, -0.15) is 5.10 Å². The van der Waals surface area contributed by atoms with Crippen LogP contribution in [0.4, 0.5) is 0 Å². The van der Waals surface area contributed by atoms with E-state index in [0.29, 0.717) is 34.8 Å². The van der Waals surface area contributed by atoms with Crippen molar-refractivity contribution in [2.75, 3.05) is 13.7 Å². The first-order valence-corrected chi connectivity index (χ1v) is 9.95. The lowest BCUT2D eigenvalue weighted by atomic mass is 10.2. The lowest BCUT2D eigenvalue weighted by molar-refractivity contribution is 0.215. The van der Waals surface area contributed by atoms with Crippen LogP contribution in [0.15, 0.2) is 64.8 Å². The molecule has 31 heavy (non-hydrogen) atoms. The Morgan fingerprint density at radius 3 is 2.10 bits per heavy atom. The molecule has 0 saturated heterocycles. The standard InChI is InChI=1S/C23H24ClN3O4/c1-16(24)13-14-29-18-5-7-19(8-6-18)30-20-9-11-21(12-10-20)31-23-22(15-25-28-4)17(2)26-27(23)3/h5-13,15H,14H2,1-4H3. The fourth-order valence-corrected chi connectivity index (χ4v) is 2.77. The molecule has 0 saturated carbocycles. The van der Waals surface area contributed by atoms with Gasteiger partial charge in [-0.15, -0.1) is 0 Å². The van der Waals surface area contributed by atoms with Crippen LogP contribution in [0.1, 0.15) is 18.2 Å². The van der Waals surface area contributed by atoms with Gasteiger partial charge in [-0.1, -0.05) is 16.8 Å². The lowest BCUT2D eigenvalue weighted by Gasteiger charge is -2.10. The summed E-state index contributed by atoms with van der Waals surface area (Å²) < 4.78 is 19.1. The third-order valence-corrected chi connectivity index (χ3v) is 4.37. The Morgan fingerprint density at radius 2 is 1.55 bits per heavy atom. The number of allylic oxidation sites excluding steroid dienone is 1. The quantitative estimate of drug-likeness (QED) is 0.309. The first-order valence-electron chi connectivity index (χ1n) is 9.57. The largest absolute Gasteiger partial charge is 0.489 e. The van der Waals surface area contributed by atoms with Crippen LogP contribution in [-0.2, 0) is 11.9 Å². The molecular weight excluding hydrogens is 418 g/mol. The van der Waals surface area contributed by atoms with Gasteiger partial charge < -0.3 is 19.0 Å². The molecule has 2 aromatic carbocycles. The molecule has 0 spiro atoms. The molecule has 162 valence electrons. The van der Waals surface area contributed by atoms with Gasteiger partial charge in [0.25, 0.3) is 0 Å². The summed E-state index contributed by atoms with van der Waals surface area (Å²) in [4.78, 5) is 4.77. The maximum Gasteiger partial charge on any atom is 0.226 e. The van der Waals surface area contributed by atoms with Crippen LogP contribution in [0.25, 0.3) is 0 Å². The number of ether oxygens (including phenoxy) is 3. The van der Waals surface area contributed by atoms with Gasteiger partial charge in [-0.3, -0.25) is 0 Å². The first kappa shape index (κ1) is 22.2. The summed E-state index contributed by atoms with van der Waals surface area (Å²) in [5, 5.41) is 8.88. The number of nitrogens with zero attached hydrogens (tertiary/aromatic N) is 3. The fraction of sp³-hybridized carbons (Fsp3) is 0.217. The lowest BCUT2D eigenvalue weighted by Crippen LogP contribution is -1.97. The number of oxime groups is 1. The number of rotatable bonds is 9. The summed E-state index contributed by atoms with van der Waals surface area (Å²) >= 11 is 5.79. The predicted molar refractivity (Wildman–Crippen MR) is 121 cm³/mol. The maximum absolute atomic E-state index is 6.00. The van der Waals surface area contributed by atoms with Crippen molar-refractivity contribution in [3.8, 4) is 28.9 Å². The summed E-state index contributed by atoms with van der Waals surface area (Å²) in [6, 6.07) is 14.7. The van der Waals surface area contributed by atoms with Crippen LogP contribution >= 0.6 is 11.6 Å². The van der Waals surface area contributed by atoms with Crippen molar-refractivity contribution in [1.29, 1.82) is 0 Å². The second-order valence-corrected chi connectivity index (χ2v) is 7.19. The Morgan fingerprint density at radius 1 is 1.00 bits per heavy atom. The third-order valence-electron chi connectivity index (χ3n) is 4.21. The van der Waals surface area contributed by atoms with E-state index in [-0.39, 0.29) is 0 Å². The zero-order chi connectivity index (χ0) is 22.2. The molecule has 8 heteroatoms. The van der Waals surface area contributed by atoms with Crippen LogP contribution in [0.2, 0.25) is 0 Å². The average Bonchev–Trinajstić information content (AvgIpc) is 3.01. The fourth-order valence-electron chi connectivity index (χ4n) is 2.71. The molecule has 0 aliphatic heterocycles. The smallest absolute Gasteiger partial charge is 0.226 e. The van der Waals surface area contributed by atoms with E-state index in [4.69, 9.17) is 30.6 Å². The van der Waals surface area contributed by atoms with E-state index in [0.717, 1.165) is 17.0 Å². The number of benzene rings is 2. The van der Waals surface area contributed by atoms with E-state index >= 15 is 0 Å². The monoisotopic (exact) mass is 441 g/mol. The van der Waals surface area contributed by atoms with E-state index in [2.05, 4.69) is 10.3 Å². The molecule has 0 unspecified atom stereocenters. The molecule has 0 atom stereocenters. The van der Waals surface area contributed by atoms with Gasteiger partial charge in [-0.05, 0) is 68.5 Å². The highest BCUT2D eigenvalue weighted by Crippen LogP contribution is 2.29. The zero-order valence-electron chi connectivity index (χ0n) is 17.8. The van der Waals surface area contributed by atoms with E-state index in [1.54, 1.807) is 17.0 Å². The van der Waals surface area contributed by atoms with E-state index in [1.807, 2.05) is 69.4 Å². The zero-order valence-corrected chi connectivity index (χ0v) is 18.6. The molecule has 7 nitrogen and oxygen atoms in total. The van der Waals surface area contributed by atoms with Gasteiger partial charge in [0.2, 0.25) is 5.88 Å². The molecule has 0 aliphatic rings. The van der Waals surface area contributed by atoms with Crippen LogP contribution < -0.4 is 14.2 Å². The molecule has 1 heterocycles. The minimum absolute atomic E-state index is 0.423. The molecule has 0 fully saturated rings. The molecule has 3 rings (SSSR count). The van der Waals surface area contributed by atoms with Gasteiger partial charge in [0, 0.05) is 12.1 Å². The van der Waals surface area contributed by atoms with Crippen molar-refractivity contribution in [3.05, 3.63) is 70.9 Å². The number of hydrogen-bond acceptors (Lipinski definition) is 6. The van der Waals surface area contributed by atoms with Crippen molar-refractivity contribution in [2.24, 2.45) is 12.2 Å². The van der Waals surface area contributed by atoms with Gasteiger partial charge in [0.1, 0.15) is 36.7 Å². The second kappa shape index (κ2) is 10.5. The molecule has 3 aromatic rings. The van der Waals surface area contributed by atoms with Gasteiger partial charge >= 0.3 is 0 Å². The summed E-state index contributed by atoms with van der Waals surface area (Å²) in [6.45, 7) is 4.11. The van der Waals surface area contributed by atoms with Crippen molar-refractivity contribution >= 4 is 17.8 Å². The second-order valence-electron chi connectivity index (χ2n) is 6.59. The molecule has 1 aromatic heterocycles. The Kier molecular flexibility index (Phi) is 7.56. The minimum atomic E-state index is 0.423. The highest BCUT2D eigenvalue weighted by molar-refractivity contribution is 6.29. The Hall–Kier alpha value is -3.45. The summed E-state index contributed by atoms with van der Waals surface area (Å²) in [5.74, 6) is 3.34. The number of hydrogen-bond donors (Lipinski definition) is 0. The first-order chi connectivity index (χ1) is 15.0. The van der Waals surface area contributed by atoms with Crippen LogP contribution in [-0.4, -0.2) is 29.7 Å². The number of aryl methyl sites for hydroxylation is 2. The Balaban J connectivity index is 1.64. The van der Waals surface area contributed by atoms with Gasteiger partial charge in [0.15, 0.2) is 0 Å². The third kappa shape index (κ3) is 6.26. The SMILES string of the molecule is CON=Cc1c(C)nn(C)c1Oc1ccc(Oc2ccc(OCC=C(C)Cl)cc2)cc1. The maximum atomic E-state index is 6.00. The van der Waals surface area contributed by atoms with Gasteiger partial charge in [0.05, 0.1) is 17.5 Å². The molecule has 0 N–H and O–H groups in total. The van der Waals surface area contributed by atoms with E-state index in [1.165, 1.54) is 7.11 Å². The Bertz CT molecular complexity index is 1050. The average molecular weight is 442 g/mol. The molecule has 0 radical (unpaired) electrons. The summed E-state index contributed by atoms with van der Waals surface area (Å²) in [5.41, 5.74) is 1.54. The van der Waals surface area contributed by atoms with Gasteiger partial charge in [-0.25, -0.2) is 4.68 Å². The minimum Gasteiger partial charge on any atom is -0.489 e. The van der Waals surface area contributed by atoms with Crippen LogP contribution in [0.3, 0.4) is 0 Å². The molecule has 0 amide bonds. The topological polar surface area (TPSA) is 67.1 Å². The van der Waals surface area contributed by atoms with E-state index < -0.39 is 0 Å². The van der Waals surface area contributed by atoms with Crippen molar-refractivity contribution in [1.82, 2.24) is 9.78 Å². The van der Waals surface area contributed by atoms with E-state index in [9.17, 15) is 0 Å². The number of halogens is 1.